The van der Waals surface area contributed by atoms with E-state index in [2.05, 4.69) is 5.32 Å². The van der Waals surface area contributed by atoms with E-state index in [1.807, 2.05) is 6.07 Å². The highest BCUT2D eigenvalue weighted by Gasteiger charge is 2.12. The Morgan fingerprint density at radius 2 is 1.58 bits per heavy atom. The minimum absolute atomic E-state index is 0.0215. The van der Waals surface area contributed by atoms with Gasteiger partial charge in [-0.05, 0) is 18.2 Å². The molecule has 1 N–H and O–H groups in total. The molecule has 0 atom stereocenters. The number of hydrogen-bond donors (Lipinski definition) is 1. The second kappa shape index (κ2) is 9.31. The quantitative estimate of drug-likeness (QED) is 0.729. The predicted molar refractivity (Wildman–Crippen MR) is 95.8 cm³/mol. The summed E-state index contributed by atoms with van der Waals surface area (Å²) >= 11 is 0. The van der Waals surface area contributed by atoms with Gasteiger partial charge in [0.1, 0.15) is 5.75 Å². The van der Waals surface area contributed by atoms with Crippen molar-refractivity contribution in [2.24, 2.45) is 0 Å². The van der Waals surface area contributed by atoms with Crippen LogP contribution in [0.5, 0.6) is 17.2 Å². The van der Waals surface area contributed by atoms with Gasteiger partial charge in [0.25, 0.3) is 5.91 Å². The molecule has 0 aliphatic carbocycles. The number of anilines is 1. The Bertz CT molecular complexity index is 774. The largest absolute Gasteiger partial charge is 0.496 e. The van der Waals surface area contributed by atoms with Crippen LogP contribution in [0.2, 0.25) is 0 Å². The molecule has 0 aliphatic rings. The Labute approximate surface area is 151 Å². The van der Waals surface area contributed by atoms with Gasteiger partial charge in [0, 0.05) is 17.3 Å². The van der Waals surface area contributed by atoms with Crippen molar-refractivity contribution in [2.75, 3.05) is 33.3 Å². The van der Waals surface area contributed by atoms with Crippen LogP contribution in [-0.4, -0.2) is 39.8 Å². The molecule has 2 rings (SSSR count). The molecular formula is C19H21NO6. The molecule has 0 bridgehead atoms. The van der Waals surface area contributed by atoms with Crippen LogP contribution in [0.1, 0.15) is 5.56 Å². The van der Waals surface area contributed by atoms with Gasteiger partial charge in [-0.3, -0.25) is 9.59 Å². The lowest BCUT2D eigenvalue weighted by atomic mass is 10.1. The number of amides is 1. The Morgan fingerprint density at radius 1 is 0.885 bits per heavy atom. The average molecular weight is 359 g/mol. The van der Waals surface area contributed by atoms with E-state index in [-0.39, 0.29) is 13.0 Å². The summed E-state index contributed by atoms with van der Waals surface area (Å²) in [6.07, 6.45) is 0.0215. The summed E-state index contributed by atoms with van der Waals surface area (Å²) in [6.45, 7) is -0.387. The van der Waals surface area contributed by atoms with Crippen molar-refractivity contribution < 1.29 is 28.5 Å². The van der Waals surface area contributed by atoms with Crippen LogP contribution in [-0.2, 0) is 20.7 Å². The van der Waals surface area contributed by atoms with Crippen LogP contribution >= 0.6 is 0 Å². The fraction of sp³-hybridized carbons (Fsp3) is 0.263. The molecule has 138 valence electrons. The smallest absolute Gasteiger partial charge is 0.310 e. The van der Waals surface area contributed by atoms with Crippen molar-refractivity contribution in [3.8, 4) is 17.2 Å². The van der Waals surface area contributed by atoms with Crippen molar-refractivity contribution >= 4 is 17.6 Å². The van der Waals surface area contributed by atoms with Crippen molar-refractivity contribution in [3.05, 3.63) is 48.0 Å². The number of ether oxygens (including phenoxy) is 4. The number of para-hydroxylation sites is 1. The number of methoxy groups -OCH3 is 3. The summed E-state index contributed by atoms with van der Waals surface area (Å²) < 4.78 is 20.5. The van der Waals surface area contributed by atoms with E-state index < -0.39 is 11.9 Å². The highest BCUT2D eigenvalue weighted by Crippen LogP contribution is 2.29. The lowest BCUT2D eigenvalue weighted by Gasteiger charge is -2.11. The van der Waals surface area contributed by atoms with Crippen LogP contribution in [0.3, 0.4) is 0 Å². The van der Waals surface area contributed by atoms with Crippen molar-refractivity contribution in [1.82, 2.24) is 0 Å². The van der Waals surface area contributed by atoms with E-state index in [9.17, 15) is 9.59 Å². The third-order valence-electron chi connectivity index (χ3n) is 3.56. The summed E-state index contributed by atoms with van der Waals surface area (Å²) in [5, 5.41) is 2.63. The predicted octanol–water partition coefficient (Wildman–Crippen LogP) is 2.44. The summed E-state index contributed by atoms with van der Waals surface area (Å²) in [7, 11) is 4.56. The fourth-order valence-corrected chi connectivity index (χ4v) is 2.31. The minimum atomic E-state index is -0.517. The molecule has 0 unspecified atom stereocenters. The summed E-state index contributed by atoms with van der Waals surface area (Å²) in [5.41, 5.74) is 1.20. The van der Waals surface area contributed by atoms with Gasteiger partial charge in [0.05, 0.1) is 27.8 Å². The second-order valence-electron chi connectivity index (χ2n) is 5.27. The first-order chi connectivity index (χ1) is 12.6. The average Bonchev–Trinajstić information content (AvgIpc) is 2.66. The normalized spacial score (nSPS) is 9.96. The molecule has 2 aromatic carbocycles. The lowest BCUT2D eigenvalue weighted by molar-refractivity contribution is -0.146. The van der Waals surface area contributed by atoms with E-state index in [0.29, 0.717) is 28.5 Å². The van der Waals surface area contributed by atoms with E-state index in [1.165, 1.54) is 21.3 Å². The van der Waals surface area contributed by atoms with Crippen LogP contribution in [0.15, 0.2) is 42.5 Å². The molecule has 0 aromatic heterocycles. The van der Waals surface area contributed by atoms with Crippen LogP contribution in [0.4, 0.5) is 5.69 Å². The van der Waals surface area contributed by atoms with E-state index in [0.717, 1.165) is 0 Å². The van der Waals surface area contributed by atoms with Gasteiger partial charge < -0.3 is 24.3 Å². The molecule has 0 heterocycles. The highest BCUT2D eigenvalue weighted by molar-refractivity contribution is 5.93. The molecule has 7 nitrogen and oxygen atoms in total. The standard InChI is InChI=1S/C19H21NO6/c1-23-15-7-5-4-6-13(15)10-19(22)26-12-18(21)20-14-8-9-16(24-2)17(11-14)25-3/h4-9,11H,10,12H2,1-3H3,(H,20,21). The van der Waals surface area contributed by atoms with E-state index in [4.69, 9.17) is 18.9 Å². The van der Waals surface area contributed by atoms with Crippen LogP contribution < -0.4 is 19.5 Å². The fourth-order valence-electron chi connectivity index (χ4n) is 2.31. The zero-order valence-electron chi connectivity index (χ0n) is 14.9. The molecule has 0 saturated heterocycles. The maximum absolute atomic E-state index is 12.0. The number of benzene rings is 2. The molecule has 0 aliphatic heterocycles. The first-order valence-corrected chi connectivity index (χ1v) is 7.86. The number of nitrogens with one attached hydrogen (secondary N) is 1. The maximum Gasteiger partial charge on any atom is 0.310 e. The Morgan fingerprint density at radius 3 is 2.27 bits per heavy atom. The van der Waals surface area contributed by atoms with E-state index in [1.54, 1.807) is 36.4 Å². The minimum Gasteiger partial charge on any atom is -0.496 e. The van der Waals surface area contributed by atoms with Gasteiger partial charge in [-0.15, -0.1) is 0 Å². The highest BCUT2D eigenvalue weighted by atomic mass is 16.5. The molecule has 26 heavy (non-hydrogen) atoms. The molecule has 2 aromatic rings. The van der Waals surface area contributed by atoms with Gasteiger partial charge in [-0.1, -0.05) is 18.2 Å². The molecule has 0 spiro atoms. The number of hydrogen-bond acceptors (Lipinski definition) is 6. The van der Waals surface area contributed by atoms with Crippen molar-refractivity contribution in [2.45, 2.75) is 6.42 Å². The number of carbonyl (C=O) groups excluding carboxylic acids is 2. The van der Waals surface area contributed by atoms with Gasteiger partial charge in [0.15, 0.2) is 18.1 Å². The summed E-state index contributed by atoms with van der Waals surface area (Å²) in [5.74, 6) is 0.661. The molecule has 7 heteroatoms. The SMILES string of the molecule is COc1ccccc1CC(=O)OCC(=O)Nc1ccc(OC)c(OC)c1. The van der Waals surface area contributed by atoms with Crippen LogP contribution in [0.25, 0.3) is 0 Å². The van der Waals surface area contributed by atoms with E-state index >= 15 is 0 Å². The number of carbonyl (C=O) groups is 2. The van der Waals surface area contributed by atoms with Crippen molar-refractivity contribution in [3.63, 3.8) is 0 Å². The first kappa shape index (κ1) is 19.1. The Balaban J connectivity index is 1.87. The Hall–Kier alpha value is -3.22. The van der Waals surface area contributed by atoms with Crippen molar-refractivity contribution in [1.29, 1.82) is 0 Å². The Kier molecular flexibility index (Phi) is 6.84. The topological polar surface area (TPSA) is 83.1 Å². The molecule has 0 saturated carbocycles. The zero-order chi connectivity index (χ0) is 18.9. The molecule has 0 fully saturated rings. The zero-order valence-corrected chi connectivity index (χ0v) is 14.9. The third-order valence-corrected chi connectivity index (χ3v) is 3.56. The number of rotatable bonds is 8. The third kappa shape index (κ3) is 5.14. The monoisotopic (exact) mass is 359 g/mol. The summed E-state index contributed by atoms with van der Waals surface area (Å²) in [6, 6.07) is 12.1. The van der Waals surface area contributed by atoms with Crippen LogP contribution in [0, 0.1) is 0 Å². The van der Waals surface area contributed by atoms with Gasteiger partial charge in [-0.2, -0.15) is 0 Å². The lowest BCUT2D eigenvalue weighted by Crippen LogP contribution is -2.21. The van der Waals surface area contributed by atoms with Gasteiger partial charge in [-0.25, -0.2) is 0 Å². The molecule has 1 amide bonds. The first-order valence-electron chi connectivity index (χ1n) is 7.86. The second-order valence-corrected chi connectivity index (χ2v) is 5.27. The van der Waals surface area contributed by atoms with Gasteiger partial charge in [0.2, 0.25) is 0 Å². The summed E-state index contributed by atoms with van der Waals surface area (Å²) in [4.78, 5) is 23.9. The number of esters is 1. The molecule has 0 radical (unpaired) electrons. The maximum atomic E-state index is 12.0. The molecular weight excluding hydrogens is 338 g/mol. The van der Waals surface area contributed by atoms with Gasteiger partial charge >= 0.3 is 5.97 Å².